The summed E-state index contributed by atoms with van der Waals surface area (Å²) in [4.78, 5) is 3.72. The van der Waals surface area contributed by atoms with Crippen molar-refractivity contribution in [2.45, 2.75) is 25.7 Å². The van der Waals surface area contributed by atoms with Gasteiger partial charge in [-0.1, -0.05) is 6.92 Å². The summed E-state index contributed by atoms with van der Waals surface area (Å²) in [7, 11) is 0. The molecule has 1 rings (SSSR count). The highest BCUT2D eigenvalue weighted by molar-refractivity contribution is 5.49. The van der Waals surface area contributed by atoms with Gasteiger partial charge in [0.15, 0.2) is 6.61 Å². The highest BCUT2D eigenvalue weighted by Gasteiger charge is 2.41. The summed E-state index contributed by atoms with van der Waals surface area (Å²) >= 11 is 0. The minimum atomic E-state index is -4.23. The highest BCUT2D eigenvalue weighted by Crippen LogP contribution is 2.26. The number of nitrogens with zero attached hydrogens (tertiary/aromatic N) is 1. The lowest BCUT2D eigenvalue weighted by Crippen LogP contribution is -2.33. The van der Waals surface area contributed by atoms with E-state index in [9.17, 15) is 17.6 Å². The molecule has 108 valence electrons. The zero-order valence-electron chi connectivity index (χ0n) is 10.2. The van der Waals surface area contributed by atoms with E-state index in [1.807, 2.05) is 6.92 Å². The maximum atomic E-state index is 12.7. The van der Waals surface area contributed by atoms with Gasteiger partial charge in [0, 0.05) is 6.07 Å². The quantitative estimate of drug-likeness (QED) is 0.781. The number of alkyl halides is 4. The van der Waals surface area contributed by atoms with Crippen LogP contribution in [0.5, 0.6) is 11.8 Å². The number of anilines is 1. The standard InChI is InChI=1S/C11H14F4N2O2/c1-2-5-18-9-7(16)3-4-8(17-9)19-6-11(14,15)10(12)13/h3-4,10H,2,5-6,16H2,1H3. The van der Waals surface area contributed by atoms with E-state index in [1.165, 1.54) is 12.1 Å². The Balaban J connectivity index is 2.69. The zero-order chi connectivity index (χ0) is 14.5. The van der Waals surface area contributed by atoms with Gasteiger partial charge in [0.1, 0.15) is 0 Å². The molecular weight excluding hydrogens is 268 g/mol. The van der Waals surface area contributed by atoms with Crippen molar-refractivity contribution in [1.29, 1.82) is 0 Å². The second kappa shape index (κ2) is 6.44. The van der Waals surface area contributed by atoms with E-state index < -0.39 is 19.0 Å². The lowest BCUT2D eigenvalue weighted by atomic mass is 10.4. The fraction of sp³-hybridized carbons (Fsp3) is 0.545. The number of ether oxygens (including phenoxy) is 2. The molecule has 0 radical (unpaired) electrons. The van der Waals surface area contributed by atoms with Gasteiger partial charge in [-0.25, -0.2) is 8.78 Å². The average Bonchev–Trinajstić information content (AvgIpc) is 2.36. The fourth-order valence-electron chi connectivity index (χ4n) is 1.06. The SMILES string of the molecule is CCCOc1nc(OCC(F)(F)C(F)F)ccc1N. The van der Waals surface area contributed by atoms with Gasteiger partial charge in [0.25, 0.3) is 0 Å². The summed E-state index contributed by atoms with van der Waals surface area (Å²) in [5.41, 5.74) is 5.76. The van der Waals surface area contributed by atoms with Crippen LogP contribution in [0.15, 0.2) is 12.1 Å². The topological polar surface area (TPSA) is 57.4 Å². The molecule has 0 unspecified atom stereocenters. The van der Waals surface area contributed by atoms with E-state index in [-0.39, 0.29) is 17.4 Å². The average molecular weight is 282 g/mol. The molecule has 0 saturated carbocycles. The number of halogens is 4. The second-order valence-electron chi connectivity index (χ2n) is 3.74. The Kier molecular flexibility index (Phi) is 5.20. The Morgan fingerprint density at radius 2 is 2.00 bits per heavy atom. The zero-order valence-corrected chi connectivity index (χ0v) is 10.2. The molecule has 19 heavy (non-hydrogen) atoms. The molecule has 0 amide bonds. The maximum absolute atomic E-state index is 12.7. The number of aromatic nitrogens is 1. The predicted molar refractivity (Wildman–Crippen MR) is 60.9 cm³/mol. The van der Waals surface area contributed by atoms with Crippen LogP contribution in [0, 0.1) is 0 Å². The summed E-state index contributed by atoms with van der Waals surface area (Å²) in [6, 6.07) is 2.55. The Hall–Kier alpha value is -1.73. The summed E-state index contributed by atoms with van der Waals surface area (Å²) in [5, 5.41) is 0. The monoisotopic (exact) mass is 282 g/mol. The van der Waals surface area contributed by atoms with Crippen molar-refractivity contribution in [2.75, 3.05) is 18.9 Å². The molecule has 0 aliphatic rings. The van der Waals surface area contributed by atoms with Crippen molar-refractivity contribution in [3.8, 4) is 11.8 Å². The van der Waals surface area contributed by atoms with Gasteiger partial charge < -0.3 is 15.2 Å². The molecule has 0 bridgehead atoms. The molecule has 0 aromatic carbocycles. The van der Waals surface area contributed by atoms with Crippen LogP contribution in [-0.4, -0.2) is 30.5 Å². The molecule has 2 N–H and O–H groups in total. The Morgan fingerprint density at radius 1 is 1.32 bits per heavy atom. The lowest BCUT2D eigenvalue weighted by molar-refractivity contribution is -0.148. The van der Waals surface area contributed by atoms with Crippen LogP contribution < -0.4 is 15.2 Å². The number of hydrogen-bond acceptors (Lipinski definition) is 4. The van der Waals surface area contributed by atoms with Crippen molar-refractivity contribution >= 4 is 5.69 Å². The van der Waals surface area contributed by atoms with Crippen molar-refractivity contribution in [2.24, 2.45) is 0 Å². The van der Waals surface area contributed by atoms with Crippen LogP contribution >= 0.6 is 0 Å². The predicted octanol–water partition coefficient (Wildman–Crippen LogP) is 2.73. The van der Waals surface area contributed by atoms with Crippen LogP contribution in [-0.2, 0) is 0 Å². The van der Waals surface area contributed by atoms with E-state index >= 15 is 0 Å². The first-order chi connectivity index (χ1) is 8.86. The highest BCUT2D eigenvalue weighted by atomic mass is 19.3. The van der Waals surface area contributed by atoms with E-state index in [0.29, 0.717) is 13.0 Å². The maximum Gasteiger partial charge on any atom is 0.340 e. The molecule has 0 aliphatic carbocycles. The van der Waals surface area contributed by atoms with Crippen LogP contribution in [0.2, 0.25) is 0 Å². The molecule has 1 aromatic rings. The van der Waals surface area contributed by atoms with Crippen molar-refractivity contribution in [1.82, 2.24) is 4.98 Å². The fourth-order valence-corrected chi connectivity index (χ4v) is 1.06. The minimum Gasteiger partial charge on any atom is -0.476 e. The first kappa shape index (κ1) is 15.3. The smallest absolute Gasteiger partial charge is 0.340 e. The first-order valence-corrected chi connectivity index (χ1v) is 5.55. The van der Waals surface area contributed by atoms with Gasteiger partial charge in [-0.3, -0.25) is 0 Å². The number of nitrogen functional groups attached to an aromatic ring is 1. The lowest BCUT2D eigenvalue weighted by Gasteiger charge is -2.16. The Bertz CT molecular complexity index is 416. The molecule has 8 heteroatoms. The van der Waals surface area contributed by atoms with E-state index in [2.05, 4.69) is 9.72 Å². The molecule has 4 nitrogen and oxygen atoms in total. The Labute approximate surface area is 107 Å². The molecule has 0 atom stereocenters. The van der Waals surface area contributed by atoms with Crippen LogP contribution in [0.1, 0.15) is 13.3 Å². The van der Waals surface area contributed by atoms with Gasteiger partial charge >= 0.3 is 12.3 Å². The summed E-state index contributed by atoms with van der Waals surface area (Å²) in [6.45, 7) is 0.738. The molecule has 0 aliphatic heterocycles. The Morgan fingerprint density at radius 3 is 2.58 bits per heavy atom. The van der Waals surface area contributed by atoms with Gasteiger partial charge in [-0.05, 0) is 12.5 Å². The van der Waals surface area contributed by atoms with Gasteiger partial charge in [-0.2, -0.15) is 13.8 Å². The molecule has 1 aromatic heterocycles. The van der Waals surface area contributed by atoms with E-state index in [0.717, 1.165) is 0 Å². The van der Waals surface area contributed by atoms with Crippen molar-refractivity contribution in [3.05, 3.63) is 12.1 Å². The summed E-state index contributed by atoms with van der Waals surface area (Å²) < 4.78 is 58.9. The van der Waals surface area contributed by atoms with Crippen molar-refractivity contribution in [3.63, 3.8) is 0 Å². The number of hydrogen-bond donors (Lipinski definition) is 1. The second-order valence-corrected chi connectivity index (χ2v) is 3.74. The van der Waals surface area contributed by atoms with Crippen LogP contribution in [0.3, 0.4) is 0 Å². The van der Waals surface area contributed by atoms with E-state index in [4.69, 9.17) is 10.5 Å². The molecule has 1 heterocycles. The minimum absolute atomic E-state index is 0.0275. The molecule has 0 fully saturated rings. The third-order valence-corrected chi connectivity index (χ3v) is 2.04. The van der Waals surface area contributed by atoms with Gasteiger partial charge in [0.2, 0.25) is 11.8 Å². The van der Waals surface area contributed by atoms with Crippen LogP contribution in [0.4, 0.5) is 23.2 Å². The summed E-state index contributed by atoms with van der Waals surface area (Å²) in [5.74, 6) is -4.45. The number of nitrogens with two attached hydrogens (primary N) is 1. The van der Waals surface area contributed by atoms with Crippen LogP contribution in [0.25, 0.3) is 0 Å². The first-order valence-electron chi connectivity index (χ1n) is 5.55. The molecule has 0 spiro atoms. The summed E-state index contributed by atoms with van der Waals surface area (Å²) in [6.07, 6.45) is -3.09. The normalized spacial score (nSPS) is 11.7. The number of pyridine rings is 1. The third kappa shape index (κ3) is 4.46. The van der Waals surface area contributed by atoms with Gasteiger partial charge in [0.05, 0.1) is 12.3 Å². The third-order valence-electron chi connectivity index (χ3n) is 2.04. The largest absolute Gasteiger partial charge is 0.476 e. The number of rotatable bonds is 7. The van der Waals surface area contributed by atoms with Gasteiger partial charge in [-0.15, -0.1) is 0 Å². The van der Waals surface area contributed by atoms with E-state index in [1.54, 1.807) is 0 Å². The van der Waals surface area contributed by atoms with Crippen molar-refractivity contribution < 1.29 is 27.0 Å². The molecule has 0 saturated heterocycles. The molecular formula is C11H14F4N2O2.